The van der Waals surface area contributed by atoms with Crippen LogP contribution in [-0.2, 0) is 0 Å². The molecule has 4 atom stereocenters. The molecule has 0 aromatic heterocycles. The van der Waals surface area contributed by atoms with Crippen molar-refractivity contribution in [3.8, 4) is 0 Å². The highest BCUT2D eigenvalue weighted by molar-refractivity contribution is 5.25. The summed E-state index contributed by atoms with van der Waals surface area (Å²) < 4.78 is 0. The monoisotopic (exact) mass is 374 g/mol. The zero-order valence-electron chi connectivity index (χ0n) is 18.0. The number of aliphatic hydroxyl groups is 2. The van der Waals surface area contributed by atoms with E-state index in [9.17, 15) is 10.2 Å². The van der Waals surface area contributed by atoms with E-state index >= 15 is 0 Å². The van der Waals surface area contributed by atoms with Gasteiger partial charge in [0.15, 0.2) is 0 Å². The molecule has 0 bridgehead atoms. The van der Waals surface area contributed by atoms with Crippen LogP contribution in [0.1, 0.15) is 104 Å². The van der Waals surface area contributed by atoms with Crippen LogP contribution >= 0.6 is 0 Å². The number of hydrogen-bond acceptors (Lipinski definition) is 2. The Morgan fingerprint density at radius 2 is 1.89 bits per heavy atom. The van der Waals surface area contributed by atoms with Crippen LogP contribution in [0.3, 0.4) is 0 Å². The smallest absolute Gasteiger partial charge is 0.0591 e. The average Bonchev–Trinajstić information content (AvgIpc) is 2.93. The minimum absolute atomic E-state index is 0.111. The van der Waals surface area contributed by atoms with E-state index in [0.717, 1.165) is 43.9 Å². The molecule has 0 aromatic rings. The fourth-order valence-electron chi connectivity index (χ4n) is 6.22. The van der Waals surface area contributed by atoms with Gasteiger partial charge in [-0.25, -0.2) is 0 Å². The summed E-state index contributed by atoms with van der Waals surface area (Å²) in [5, 5.41) is 19.9. The van der Waals surface area contributed by atoms with E-state index in [4.69, 9.17) is 0 Å². The van der Waals surface area contributed by atoms with Gasteiger partial charge in [0.1, 0.15) is 0 Å². The quantitative estimate of drug-likeness (QED) is 0.534. The lowest BCUT2D eigenvalue weighted by Crippen LogP contribution is -2.33. The lowest BCUT2D eigenvalue weighted by atomic mass is 9.62. The molecule has 2 nitrogen and oxygen atoms in total. The van der Waals surface area contributed by atoms with Gasteiger partial charge in [-0.3, -0.25) is 0 Å². The van der Waals surface area contributed by atoms with Crippen LogP contribution in [0.5, 0.6) is 0 Å². The van der Waals surface area contributed by atoms with Crippen molar-refractivity contribution in [3.63, 3.8) is 0 Å². The Bertz CT molecular complexity index is 553. The summed E-state index contributed by atoms with van der Waals surface area (Å²) in [6.45, 7) is 6.42. The van der Waals surface area contributed by atoms with E-state index in [1.165, 1.54) is 56.9 Å². The first-order chi connectivity index (χ1) is 12.8. The Morgan fingerprint density at radius 1 is 1.07 bits per heavy atom. The highest BCUT2D eigenvalue weighted by Crippen LogP contribution is 2.58. The molecule has 3 saturated carbocycles. The van der Waals surface area contributed by atoms with Gasteiger partial charge in [-0.2, -0.15) is 0 Å². The third-order valence-corrected chi connectivity index (χ3v) is 7.82. The summed E-state index contributed by atoms with van der Waals surface area (Å²) >= 11 is 0. The zero-order valence-corrected chi connectivity index (χ0v) is 18.0. The van der Waals surface area contributed by atoms with Crippen molar-refractivity contribution in [2.45, 2.75) is 116 Å². The van der Waals surface area contributed by atoms with Crippen LogP contribution in [0, 0.1) is 17.3 Å². The lowest BCUT2D eigenvalue weighted by Gasteiger charge is -2.42. The number of aliphatic hydroxyl groups excluding tert-OH is 1. The van der Waals surface area contributed by atoms with Crippen LogP contribution in [0.25, 0.3) is 0 Å². The Morgan fingerprint density at radius 3 is 2.63 bits per heavy atom. The summed E-state index contributed by atoms with van der Waals surface area (Å²) in [6, 6.07) is 0. The molecule has 154 valence electrons. The van der Waals surface area contributed by atoms with Gasteiger partial charge in [0, 0.05) is 0 Å². The van der Waals surface area contributed by atoms with Crippen molar-refractivity contribution >= 4 is 0 Å². The van der Waals surface area contributed by atoms with Gasteiger partial charge in [0.25, 0.3) is 0 Å². The van der Waals surface area contributed by atoms with E-state index in [2.05, 4.69) is 19.1 Å². The Labute approximate surface area is 167 Å². The number of hydrogen-bond donors (Lipinski definition) is 2. The van der Waals surface area contributed by atoms with Crippen LogP contribution in [0.15, 0.2) is 23.3 Å². The first-order valence-electron chi connectivity index (χ1n) is 11.6. The predicted octanol–water partition coefficient (Wildman–Crippen LogP) is 6.32. The Kier molecular flexibility index (Phi) is 6.90. The van der Waals surface area contributed by atoms with E-state index in [1.54, 1.807) is 5.57 Å². The number of fused-ring (bicyclic) bond motifs is 1. The first kappa shape index (κ1) is 21.1. The topological polar surface area (TPSA) is 40.5 Å². The number of rotatable bonds is 6. The first-order valence-corrected chi connectivity index (χ1v) is 11.6. The highest BCUT2D eigenvalue weighted by atomic mass is 16.3. The maximum atomic E-state index is 9.94. The summed E-state index contributed by atoms with van der Waals surface area (Å²) in [7, 11) is 0. The molecular weight excluding hydrogens is 332 g/mol. The molecule has 0 aliphatic heterocycles. The van der Waals surface area contributed by atoms with E-state index < -0.39 is 5.60 Å². The maximum absolute atomic E-state index is 9.94. The molecule has 3 rings (SSSR count). The molecule has 0 aromatic carbocycles. The molecular formula is C25H42O2. The van der Waals surface area contributed by atoms with Gasteiger partial charge >= 0.3 is 0 Å². The minimum Gasteiger partial charge on any atom is -0.393 e. The van der Waals surface area contributed by atoms with Gasteiger partial charge in [-0.05, 0) is 102 Å². The lowest BCUT2D eigenvalue weighted by molar-refractivity contribution is 0.0659. The average molecular weight is 375 g/mol. The predicted molar refractivity (Wildman–Crippen MR) is 114 cm³/mol. The van der Waals surface area contributed by atoms with Crippen molar-refractivity contribution in [1.82, 2.24) is 0 Å². The molecule has 2 heteroatoms. The molecule has 0 heterocycles. The van der Waals surface area contributed by atoms with Crippen molar-refractivity contribution in [2.75, 3.05) is 0 Å². The second-order valence-electron chi connectivity index (χ2n) is 10.6. The van der Waals surface area contributed by atoms with E-state index in [1.807, 2.05) is 13.8 Å². The molecule has 0 amide bonds. The van der Waals surface area contributed by atoms with Crippen LogP contribution in [-0.4, -0.2) is 21.9 Å². The third kappa shape index (κ3) is 5.48. The molecule has 3 aliphatic rings. The van der Waals surface area contributed by atoms with Gasteiger partial charge in [0.05, 0.1) is 11.7 Å². The van der Waals surface area contributed by atoms with Gasteiger partial charge < -0.3 is 10.2 Å². The molecule has 0 spiro atoms. The van der Waals surface area contributed by atoms with Crippen LogP contribution < -0.4 is 0 Å². The summed E-state index contributed by atoms with van der Waals surface area (Å²) in [5.74, 6) is 1.63. The molecule has 4 unspecified atom stereocenters. The van der Waals surface area contributed by atoms with Gasteiger partial charge in [-0.15, -0.1) is 0 Å². The summed E-state index contributed by atoms with van der Waals surface area (Å²) in [5.41, 5.74) is 3.12. The fourth-order valence-corrected chi connectivity index (χ4v) is 6.22. The fraction of sp³-hybridized carbons (Fsp3) is 0.840. The highest BCUT2D eigenvalue weighted by Gasteiger charge is 2.48. The molecule has 2 N–H and O–H groups in total. The molecule has 3 aliphatic carbocycles. The number of unbranched alkanes of at least 4 members (excludes halogenated alkanes) is 1. The number of allylic oxidation sites excluding steroid dienone is 3. The molecule has 3 fully saturated rings. The van der Waals surface area contributed by atoms with Gasteiger partial charge in [-0.1, -0.05) is 43.1 Å². The Balaban J connectivity index is 1.60. The normalized spacial score (nSPS) is 37.7. The van der Waals surface area contributed by atoms with E-state index in [0.29, 0.717) is 5.41 Å². The van der Waals surface area contributed by atoms with Crippen molar-refractivity contribution < 1.29 is 10.2 Å². The van der Waals surface area contributed by atoms with Crippen LogP contribution in [0.4, 0.5) is 0 Å². The largest absolute Gasteiger partial charge is 0.393 e. The third-order valence-electron chi connectivity index (χ3n) is 7.82. The van der Waals surface area contributed by atoms with Crippen LogP contribution in [0.2, 0.25) is 0 Å². The zero-order chi connectivity index (χ0) is 19.5. The van der Waals surface area contributed by atoms with Gasteiger partial charge in [0.2, 0.25) is 0 Å². The minimum atomic E-state index is -0.511. The summed E-state index contributed by atoms with van der Waals surface area (Å²) in [6.07, 6.45) is 20.3. The molecule has 0 saturated heterocycles. The second kappa shape index (κ2) is 8.82. The van der Waals surface area contributed by atoms with Crippen molar-refractivity contribution in [3.05, 3.63) is 23.3 Å². The molecule has 0 radical (unpaired) electrons. The summed E-state index contributed by atoms with van der Waals surface area (Å²) in [4.78, 5) is 0. The van der Waals surface area contributed by atoms with E-state index in [-0.39, 0.29) is 6.10 Å². The Hall–Kier alpha value is -0.600. The SMILES string of the molecule is CC(C)(O)CCCCC1CCC2/C(=C/C=C3/CCCC(O)C3)CCCC12C. The maximum Gasteiger partial charge on any atom is 0.0591 e. The van der Waals surface area contributed by atoms with Crippen molar-refractivity contribution in [1.29, 1.82) is 0 Å². The standard InChI is InChI=1S/C25H42O2/c1-24(2,27)16-5-4-10-21-14-15-23-20(9-7-17-25(21,23)3)13-12-19-8-6-11-22(26)18-19/h12-13,21-23,26-27H,4-11,14-18H2,1-3H3/b19-12-,20-13+. The van der Waals surface area contributed by atoms with Crippen molar-refractivity contribution in [2.24, 2.45) is 17.3 Å². The second-order valence-corrected chi connectivity index (χ2v) is 10.6. The molecule has 27 heavy (non-hydrogen) atoms.